The molecule has 2 N–H and O–H groups in total. The fraction of sp³-hybridized carbons (Fsp3) is 0.792. The second kappa shape index (κ2) is 6.95. The van der Waals surface area contributed by atoms with Crippen LogP contribution in [0.15, 0.2) is 11.6 Å². The molecule has 0 aromatic carbocycles. The van der Waals surface area contributed by atoms with Crippen LogP contribution in [0.25, 0.3) is 0 Å². The average molecular weight is 437 g/mol. The van der Waals surface area contributed by atoms with Crippen LogP contribution >= 0.6 is 0 Å². The van der Waals surface area contributed by atoms with Crippen LogP contribution in [-0.2, 0) is 19.1 Å². The van der Waals surface area contributed by atoms with E-state index in [1.807, 2.05) is 6.92 Å². The Bertz CT molecular complexity index is 868. The maximum absolute atomic E-state index is 17.1. The molecule has 0 bridgehead atoms. The molecule has 0 heterocycles. The van der Waals surface area contributed by atoms with Gasteiger partial charge in [0.2, 0.25) is 5.78 Å². The first-order valence-corrected chi connectivity index (χ1v) is 11.3. The maximum Gasteiger partial charge on any atom is 0.303 e. The lowest BCUT2D eigenvalue weighted by Crippen LogP contribution is -2.69. The van der Waals surface area contributed by atoms with Crippen molar-refractivity contribution in [1.82, 2.24) is 0 Å². The van der Waals surface area contributed by atoms with Crippen LogP contribution in [0.2, 0.25) is 0 Å². The Balaban J connectivity index is 1.72. The fourth-order valence-corrected chi connectivity index (χ4v) is 7.64. The van der Waals surface area contributed by atoms with Crippen LogP contribution < -0.4 is 0 Å². The normalized spacial score (nSPS) is 48.9. The highest BCUT2D eigenvalue weighted by Crippen LogP contribution is 2.70. The smallest absolute Gasteiger partial charge is 0.303 e. The molecule has 6 nitrogen and oxygen atoms in total. The van der Waals surface area contributed by atoms with E-state index in [9.17, 15) is 24.6 Å². The van der Waals surface area contributed by atoms with Crippen LogP contribution in [0.4, 0.5) is 4.39 Å². The number of aliphatic hydroxyl groups excluding tert-OH is 1. The molecule has 0 spiro atoms. The van der Waals surface area contributed by atoms with Crippen LogP contribution in [0.5, 0.6) is 0 Å². The highest BCUT2D eigenvalue weighted by molar-refractivity contribution is 5.93. The number of esters is 1. The molecule has 7 heteroatoms. The number of carbonyl (C=O) groups is 3. The Morgan fingerprint density at radius 1 is 1.23 bits per heavy atom. The highest BCUT2D eigenvalue weighted by atomic mass is 19.1. The Hall–Kier alpha value is -1.60. The minimum atomic E-state index is -1.93. The molecule has 4 aliphatic carbocycles. The van der Waals surface area contributed by atoms with Crippen molar-refractivity contribution in [3.8, 4) is 0 Å². The third-order valence-corrected chi connectivity index (χ3v) is 9.37. The second-order valence-electron chi connectivity index (χ2n) is 10.8. The van der Waals surface area contributed by atoms with Gasteiger partial charge in [-0.25, -0.2) is 4.39 Å². The Morgan fingerprint density at radius 3 is 2.55 bits per heavy atom. The van der Waals surface area contributed by atoms with Crippen LogP contribution in [0.3, 0.4) is 0 Å². The van der Waals surface area contributed by atoms with Gasteiger partial charge in [0, 0.05) is 29.6 Å². The number of Topliss-reactive ketones (excluding diaryl/α,β-unsaturated/α-hetero) is 1. The largest absolute Gasteiger partial charge is 0.458 e. The second-order valence-corrected chi connectivity index (χ2v) is 10.8. The minimum absolute atomic E-state index is 0.0102. The minimum Gasteiger partial charge on any atom is -0.458 e. The number of hydrogen-bond donors (Lipinski definition) is 2. The van der Waals surface area contributed by atoms with Gasteiger partial charge in [-0.05, 0) is 50.5 Å². The first kappa shape index (κ1) is 22.6. The SMILES string of the molecule is CC(=O)OCC(=O)[C@@]1(O)CC[C@H]2[C@@H]3CCC4=CC(=O)[C@@H](C)C[C@]4(C)[C@@]3(F)[C@H](O)C[C@@]21C. The number of alkyl halides is 1. The zero-order valence-electron chi connectivity index (χ0n) is 18.7. The maximum atomic E-state index is 17.1. The van der Waals surface area contributed by atoms with Crippen molar-refractivity contribution < 1.29 is 33.7 Å². The molecule has 0 unspecified atom stereocenters. The summed E-state index contributed by atoms with van der Waals surface area (Å²) in [5.74, 6) is -2.32. The molecule has 31 heavy (non-hydrogen) atoms. The summed E-state index contributed by atoms with van der Waals surface area (Å²) in [6.45, 7) is 6.06. The van der Waals surface area contributed by atoms with E-state index in [4.69, 9.17) is 4.74 Å². The van der Waals surface area contributed by atoms with Crippen molar-refractivity contribution in [3.05, 3.63) is 11.6 Å². The molecule has 3 saturated carbocycles. The summed E-state index contributed by atoms with van der Waals surface area (Å²) in [7, 11) is 0. The third kappa shape index (κ3) is 2.78. The van der Waals surface area contributed by atoms with Gasteiger partial charge in [0.15, 0.2) is 12.4 Å². The zero-order chi connectivity index (χ0) is 23.0. The van der Waals surface area contributed by atoms with Crippen molar-refractivity contribution in [2.45, 2.75) is 83.6 Å². The van der Waals surface area contributed by atoms with Crippen molar-refractivity contribution in [3.63, 3.8) is 0 Å². The van der Waals surface area contributed by atoms with Gasteiger partial charge in [-0.15, -0.1) is 0 Å². The summed E-state index contributed by atoms with van der Waals surface area (Å²) >= 11 is 0. The van der Waals surface area contributed by atoms with Gasteiger partial charge in [0.25, 0.3) is 0 Å². The molecule has 0 aromatic heterocycles. The summed E-state index contributed by atoms with van der Waals surface area (Å²) < 4.78 is 22.0. The van der Waals surface area contributed by atoms with E-state index >= 15 is 4.39 Å². The number of rotatable bonds is 3. The summed E-state index contributed by atoms with van der Waals surface area (Å²) in [5.41, 5.74) is -4.90. The van der Waals surface area contributed by atoms with Gasteiger partial charge < -0.3 is 14.9 Å². The molecule has 0 saturated heterocycles. The number of halogens is 1. The molecule has 0 amide bonds. The monoisotopic (exact) mass is 436 g/mol. The Kier molecular flexibility index (Phi) is 5.06. The number of carbonyl (C=O) groups excluding carboxylic acids is 3. The van der Waals surface area contributed by atoms with E-state index in [1.54, 1.807) is 19.9 Å². The van der Waals surface area contributed by atoms with Gasteiger partial charge in [-0.2, -0.15) is 0 Å². The number of hydrogen-bond acceptors (Lipinski definition) is 6. The predicted molar refractivity (Wildman–Crippen MR) is 110 cm³/mol. The van der Waals surface area contributed by atoms with Gasteiger partial charge in [0.05, 0.1) is 6.10 Å². The van der Waals surface area contributed by atoms with Crippen LogP contribution in [0, 0.1) is 28.6 Å². The van der Waals surface area contributed by atoms with E-state index in [1.165, 1.54) is 6.92 Å². The van der Waals surface area contributed by atoms with Crippen molar-refractivity contribution in [2.75, 3.05) is 6.61 Å². The van der Waals surface area contributed by atoms with Crippen LogP contribution in [-0.4, -0.2) is 51.7 Å². The molecule has 172 valence electrons. The molecule has 0 aromatic rings. The first-order chi connectivity index (χ1) is 14.3. The summed E-state index contributed by atoms with van der Waals surface area (Å²) in [6, 6.07) is 0. The van der Waals surface area contributed by atoms with E-state index in [-0.39, 0.29) is 30.5 Å². The molecule has 4 rings (SSSR count). The lowest BCUT2D eigenvalue weighted by atomic mass is 9.43. The zero-order valence-corrected chi connectivity index (χ0v) is 18.7. The molecular weight excluding hydrogens is 403 g/mol. The average Bonchev–Trinajstić information content (AvgIpc) is 2.94. The third-order valence-electron chi connectivity index (χ3n) is 9.37. The first-order valence-electron chi connectivity index (χ1n) is 11.3. The lowest BCUT2D eigenvalue weighted by Gasteiger charge is -2.63. The number of aliphatic hydroxyl groups is 2. The summed E-state index contributed by atoms with van der Waals surface area (Å²) in [4.78, 5) is 36.3. The topological polar surface area (TPSA) is 101 Å². The molecule has 3 fully saturated rings. The number of allylic oxidation sites excluding steroid dienone is 1. The van der Waals surface area contributed by atoms with E-state index in [0.717, 1.165) is 5.57 Å². The highest BCUT2D eigenvalue weighted by Gasteiger charge is 2.74. The number of fused-ring (bicyclic) bond motifs is 5. The van der Waals surface area contributed by atoms with Crippen molar-refractivity contribution >= 4 is 17.5 Å². The molecule has 4 aliphatic rings. The van der Waals surface area contributed by atoms with Gasteiger partial charge in [-0.1, -0.05) is 26.3 Å². The standard InChI is InChI=1S/C24H33FO6/c1-13-10-21(3)15(9-18(13)27)5-6-17-16-7-8-23(30,20(29)12-31-14(2)26)22(16,4)11-19(28)24(17,21)25/h9,13,16-17,19,28,30H,5-8,10-12H2,1-4H3/t13-,16-,17-,19+,21-,22-,23-,24-/m0/s1. The van der Waals surface area contributed by atoms with Crippen molar-refractivity contribution in [1.29, 1.82) is 0 Å². The quantitative estimate of drug-likeness (QED) is 0.660. The van der Waals surface area contributed by atoms with Crippen LogP contribution in [0.1, 0.15) is 66.2 Å². The summed E-state index contributed by atoms with van der Waals surface area (Å²) in [5, 5.41) is 22.7. The Labute approximate surface area is 182 Å². The van der Waals surface area contributed by atoms with Gasteiger partial charge >= 0.3 is 5.97 Å². The fourth-order valence-electron chi connectivity index (χ4n) is 7.64. The molecule has 8 atom stereocenters. The van der Waals surface area contributed by atoms with Gasteiger partial charge in [0.1, 0.15) is 11.3 Å². The lowest BCUT2D eigenvalue weighted by molar-refractivity contribution is -0.228. The van der Waals surface area contributed by atoms with Gasteiger partial charge in [-0.3, -0.25) is 14.4 Å². The van der Waals surface area contributed by atoms with E-state index in [0.29, 0.717) is 25.7 Å². The number of ether oxygens (including phenoxy) is 1. The predicted octanol–water partition coefficient (Wildman–Crippen LogP) is 2.69. The van der Waals surface area contributed by atoms with E-state index < -0.39 is 52.5 Å². The van der Waals surface area contributed by atoms with Crippen molar-refractivity contribution in [2.24, 2.45) is 28.6 Å². The number of ketones is 2. The molecular formula is C24H33FO6. The Morgan fingerprint density at radius 2 is 1.90 bits per heavy atom. The molecule has 0 radical (unpaired) electrons. The summed E-state index contributed by atoms with van der Waals surface area (Å²) in [6.07, 6.45) is 2.15. The molecule has 0 aliphatic heterocycles. The van der Waals surface area contributed by atoms with E-state index in [2.05, 4.69) is 0 Å².